The molecule has 0 aliphatic rings. The zero-order valence-corrected chi connectivity index (χ0v) is 15.5. The van der Waals surface area contributed by atoms with Crippen LogP contribution in [0.1, 0.15) is 22.3 Å². The van der Waals surface area contributed by atoms with Crippen molar-refractivity contribution in [2.45, 2.75) is 13.5 Å². The molecule has 0 fully saturated rings. The van der Waals surface area contributed by atoms with Gasteiger partial charge < -0.3 is 5.32 Å². The molecule has 0 atom stereocenters. The van der Waals surface area contributed by atoms with Gasteiger partial charge in [0.25, 0.3) is 11.6 Å². The quantitative estimate of drug-likeness (QED) is 0.293. The molecule has 0 aliphatic heterocycles. The largest absolute Gasteiger partial charge is 0.348 e. The minimum Gasteiger partial charge on any atom is -0.348 e. The molecule has 1 amide bonds. The van der Waals surface area contributed by atoms with Gasteiger partial charge in [-0.3, -0.25) is 14.9 Å². The summed E-state index contributed by atoms with van der Waals surface area (Å²) in [7, 11) is 0. The van der Waals surface area contributed by atoms with Crippen molar-refractivity contribution in [3.05, 3.63) is 111 Å². The van der Waals surface area contributed by atoms with Crippen LogP contribution in [-0.2, 0) is 11.3 Å². The molecule has 0 aromatic heterocycles. The van der Waals surface area contributed by atoms with Crippen LogP contribution in [0.2, 0.25) is 0 Å². The Hall–Kier alpha value is -3.73. The Morgan fingerprint density at radius 1 is 0.964 bits per heavy atom. The van der Waals surface area contributed by atoms with Crippen molar-refractivity contribution in [2.75, 3.05) is 0 Å². The summed E-state index contributed by atoms with van der Waals surface area (Å²) in [6.45, 7) is 2.44. The molecule has 0 saturated carbocycles. The molecule has 0 radical (unpaired) electrons. The molecule has 5 heteroatoms. The minimum atomic E-state index is -0.445. The first kappa shape index (κ1) is 19.0. The van der Waals surface area contributed by atoms with E-state index in [9.17, 15) is 14.9 Å². The van der Waals surface area contributed by atoms with Crippen molar-refractivity contribution in [3.63, 3.8) is 0 Å². The molecule has 3 aromatic rings. The molecule has 0 spiro atoms. The number of non-ortho nitro benzene ring substituents is 1. The monoisotopic (exact) mass is 372 g/mol. The number of nitrogens with one attached hydrogen (secondary N) is 1. The standard InChI is InChI=1S/C23H20N2O3/c1-17-7-9-19(10-8-17)16-24-23(26)22(20-5-3-2-4-6-20)15-18-11-13-21(14-12-18)25(27)28/h2-15H,16H2,1H3,(H,24,26)/b22-15+. The summed E-state index contributed by atoms with van der Waals surface area (Å²) < 4.78 is 0. The Kier molecular flexibility index (Phi) is 5.97. The molecule has 0 aliphatic carbocycles. The van der Waals surface area contributed by atoms with E-state index in [-0.39, 0.29) is 11.6 Å². The summed E-state index contributed by atoms with van der Waals surface area (Å²) in [5, 5.41) is 13.8. The molecule has 0 bridgehead atoms. The van der Waals surface area contributed by atoms with Gasteiger partial charge in [0, 0.05) is 24.3 Å². The fourth-order valence-electron chi connectivity index (χ4n) is 2.74. The highest BCUT2D eigenvalue weighted by molar-refractivity contribution is 6.24. The van der Waals surface area contributed by atoms with Crippen LogP contribution in [0, 0.1) is 17.0 Å². The maximum absolute atomic E-state index is 12.9. The number of hydrogen-bond acceptors (Lipinski definition) is 3. The second-order valence-electron chi connectivity index (χ2n) is 6.44. The molecular formula is C23H20N2O3. The maximum Gasteiger partial charge on any atom is 0.269 e. The van der Waals surface area contributed by atoms with Gasteiger partial charge >= 0.3 is 0 Å². The highest BCUT2D eigenvalue weighted by Crippen LogP contribution is 2.20. The molecule has 5 nitrogen and oxygen atoms in total. The highest BCUT2D eigenvalue weighted by atomic mass is 16.6. The van der Waals surface area contributed by atoms with E-state index in [4.69, 9.17) is 0 Å². The first-order valence-electron chi connectivity index (χ1n) is 8.88. The van der Waals surface area contributed by atoms with Crippen LogP contribution in [0.4, 0.5) is 5.69 Å². The number of nitro groups is 1. The Balaban J connectivity index is 1.85. The number of hydrogen-bond donors (Lipinski definition) is 1. The molecule has 3 aromatic carbocycles. The van der Waals surface area contributed by atoms with Gasteiger partial charge in [0.2, 0.25) is 0 Å². The van der Waals surface area contributed by atoms with E-state index in [2.05, 4.69) is 5.32 Å². The van der Waals surface area contributed by atoms with Crippen molar-refractivity contribution in [1.82, 2.24) is 5.32 Å². The molecule has 1 N–H and O–H groups in total. The van der Waals surface area contributed by atoms with Gasteiger partial charge in [0.1, 0.15) is 0 Å². The number of amides is 1. The van der Waals surface area contributed by atoms with Crippen LogP contribution in [-0.4, -0.2) is 10.8 Å². The van der Waals surface area contributed by atoms with Gasteiger partial charge in [-0.1, -0.05) is 60.2 Å². The lowest BCUT2D eigenvalue weighted by molar-refractivity contribution is -0.384. The molecule has 3 rings (SSSR count). The Morgan fingerprint density at radius 2 is 1.61 bits per heavy atom. The van der Waals surface area contributed by atoms with Crippen LogP contribution in [0.3, 0.4) is 0 Å². The Bertz CT molecular complexity index is 992. The van der Waals surface area contributed by atoms with E-state index in [1.165, 1.54) is 12.1 Å². The third kappa shape index (κ3) is 4.92. The molecule has 28 heavy (non-hydrogen) atoms. The van der Waals surface area contributed by atoms with E-state index in [0.717, 1.165) is 22.3 Å². The molecule has 0 unspecified atom stereocenters. The van der Waals surface area contributed by atoms with Crippen molar-refractivity contribution < 1.29 is 9.72 Å². The minimum absolute atomic E-state index is 0.0160. The summed E-state index contributed by atoms with van der Waals surface area (Å²) >= 11 is 0. The number of rotatable bonds is 6. The van der Waals surface area contributed by atoms with Crippen molar-refractivity contribution in [1.29, 1.82) is 0 Å². The number of carbonyl (C=O) groups is 1. The number of carbonyl (C=O) groups excluding carboxylic acids is 1. The predicted molar refractivity (Wildman–Crippen MR) is 110 cm³/mol. The highest BCUT2D eigenvalue weighted by Gasteiger charge is 2.12. The van der Waals surface area contributed by atoms with Crippen LogP contribution in [0.25, 0.3) is 11.6 Å². The average molecular weight is 372 g/mol. The molecule has 140 valence electrons. The van der Waals surface area contributed by atoms with Crippen LogP contribution >= 0.6 is 0 Å². The Labute approximate surface area is 163 Å². The lowest BCUT2D eigenvalue weighted by Gasteiger charge is -2.10. The topological polar surface area (TPSA) is 72.2 Å². The van der Waals surface area contributed by atoms with Crippen LogP contribution < -0.4 is 5.32 Å². The van der Waals surface area contributed by atoms with Gasteiger partial charge in [-0.15, -0.1) is 0 Å². The van der Waals surface area contributed by atoms with E-state index in [1.807, 2.05) is 61.5 Å². The summed E-state index contributed by atoms with van der Waals surface area (Å²) in [6, 6.07) is 23.5. The summed E-state index contributed by atoms with van der Waals surface area (Å²) in [5.41, 5.74) is 4.20. The van der Waals surface area contributed by atoms with Crippen LogP contribution in [0.15, 0.2) is 78.9 Å². The lowest BCUT2D eigenvalue weighted by Crippen LogP contribution is -2.23. The molecule has 0 heterocycles. The zero-order chi connectivity index (χ0) is 19.9. The fraction of sp³-hybridized carbons (Fsp3) is 0.0870. The van der Waals surface area contributed by atoms with Gasteiger partial charge in [0.05, 0.1) is 4.92 Å². The zero-order valence-electron chi connectivity index (χ0n) is 15.5. The third-order valence-corrected chi connectivity index (χ3v) is 4.32. The number of nitrogens with zero attached hydrogens (tertiary/aromatic N) is 1. The van der Waals surface area contributed by atoms with Crippen molar-refractivity contribution >= 4 is 23.2 Å². The number of aryl methyl sites for hydroxylation is 1. The van der Waals surface area contributed by atoms with Crippen molar-refractivity contribution in [2.24, 2.45) is 0 Å². The van der Waals surface area contributed by atoms with Gasteiger partial charge in [-0.25, -0.2) is 0 Å². The van der Waals surface area contributed by atoms with Crippen molar-refractivity contribution in [3.8, 4) is 0 Å². The fourth-order valence-corrected chi connectivity index (χ4v) is 2.74. The van der Waals surface area contributed by atoms with E-state index >= 15 is 0 Å². The average Bonchev–Trinajstić information content (AvgIpc) is 2.72. The maximum atomic E-state index is 12.9. The van der Waals surface area contributed by atoms with E-state index in [1.54, 1.807) is 18.2 Å². The van der Waals surface area contributed by atoms with E-state index in [0.29, 0.717) is 12.1 Å². The smallest absolute Gasteiger partial charge is 0.269 e. The Morgan fingerprint density at radius 3 is 2.21 bits per heavy atom. The summed E-state index contributed by atoms with van der Waals surface area (Å²) in [4.78, 5) is 23.3. The second-order valence-corrected chi connectivity index (χ2v) is 6.44. The second kappa shape index (κ2) is 8.77. The summed E-state index contributed by atoms with van der Waals surface area (Å²) in [6.07, 6.45) is 1.74. The third-order valence-electron chi connectivity index (χ3n) is 4.32. The number of benzene rings is 3. The first-order valence-corrected chi connectivity index (χ1v) is 8.88. The first-order chi connectivity index (χ1) is 13.5. The summed E-state index contributed by atoms with van der Waals surface area (Å²) in [5.74, 6) is -0.204. The predicted octanol–water partition coefficient (Wildman–Crippen LogP) is 4.76. The van der Waals surface area contributed by atoms with Gasteiger partial charge in [0.15, 0.2) is 0 Å². The SMILES string of the molecule is Cc1ccc(CNC(=O)/C(=C/c2ccc([N+](=O)[O-])cc2)c2ccccc2)cc1. The van der Waals surface area contributed by atoms with Gasteiger partial charge in [-0.05, 0) is 41.8 Å². The molecular weight excluding hydrogens is 352 g/mol. The molecule has 0 saturated heterocycles. The van der Waals surface area contributed by atoms with Crippen LogP contribution in [0.5, 0.6) is 0 Å². The van der Waals surface area contributed by atoms with Gasteiger partial charge in [-0.2, -0.15) is 0 Å². The normalized spacial score (nSPS) is 11.1. The lowest BCUT2D eigenvalue weighted by atomic mass is 10.0. The number of nitro benzene ring substituents is 1. The van der Waals surface area contributed by atoms with E-state index < -0.39 is 4.92 Å².